The first-order valence-corrected chi connectivity index (χ1v) is 10.7. The molecule has 0 saturated heterocycles. The Kier molecular flexibility index (Phi) is 4.36. The summed E-state index contributed by atoms with van der Waals surface area (Å²) in [6, 6.07) is 23.6. The van der Waals surface area contributed by atoms with E-state index in [-0.39, 0.29) is 5.56 Å². The minimum atomic E-state index is -0.165. The third-order valence-corrected chi connectivity index (χ3v) is 5.88. The summed E-state index contributed by atoms with van der Waals surface area (Å²) in [6.07, 6.45) is 5.23. The lowest BCUT2D eigenvalue weighted by Crippen LogP contribution is -2.19. The van der Waals surface area contributed by atoms with Crippen molar-refractivity contribution in [3.8, 4) is 33.5 Å². The van der Waals surface area contributed by atoms with E-state index in [0.717, 1.165) is 44.5 Å². The number of pyridine rings is 2. The number of nitrogens with zero attached hydrogens (tertiary/aromatic N) is 4. The lowest BCUT2D eigenvalue weighted by atomic mass is 10.0. The first-order valence-electron chi connectivity index (χ1n) is 10.7. The zero-order chi connectivity index (χ0) is 22.4. The van der Waals surface area contributed by atoms with Gasteiger partial charge in [0.15, 0.2) is 0 Å². The van der Waals surface area contributed by atoms with Crippen molar-refractivity contribution in [1.82, 2.24) is 24.6 Å². The molecule has 0 amide bonds. The maximum atomic E-state index is 13.8. The van der Waals surface area contributed by atoms with E-state index >= 15 is 0 Å². The van der Waals surface area contributed by atoms with Crippen molar-refractivity contribution >= 4 is 16.6 Å². The highest BCUT2D eigenvalue weighted by atomic mass is 16.1. The average Bonchev–Trinajstić information content (AvgIpc) is 3.24. The molecule has 2 aromatic carbocycles. The van der Waals surface area contributed by atoms with Crippen LogP contribution in [0.3, 0.4) is 0 Å². The van der Waals surface area contributed by atoms with Crippen molar-refractivity contribution in [3.63, 3.8) is 0 Å². The second-order valence-corrected chi connectivity index (χ2v) is 7.93. The summed E-state index contributed by atoms with van der Waals surface area (Å²) >= 11 is 0. The molecule has 6 heteroatoms. The lowest BCUT2D eigenvalue weighted by Gasteiger charge is -2.09. The largest absolute Gasteiger partial charge is 0.343 e. The molecule has 4 heterocycles. The molecule has 0 saturated carbocycles. The van der Waals surface area contributed by atoms with Crippen molar-refractivity contribution in [3.05, 3.63) is 107 Å². The standard InChI is InChI=1S/C27H19N5O/c1-17-23(21-9-10-22-20(16-21)8-5-13-29-22)27(33)32-26(30-17)24(18-6-3-2-4-7-18)25(31-32)19-11-14-28-15-12-19/h2-16,30H,1H3. The van der Waals surface area contributed by atoms with Crippen molar-refractivity contribution in [2.75, 3.05) is 0 Å². The number of benzene rings is 2. The Morgan fingerprint density at radius 2 is 1.61 bits per heavy atom. The van der Waals surface area contributed by atoms with Crippen molar-refractivity contribution < 1.29 is 0 Å². The maximum absolute atomic E-state index is 13.8. The Morgan fingerprint density at radius 3 is 2.42 bits per heavy atom. The second-order valence-electron chi connectivity index (χ2n) is 7.93. The lowest BCUT2D eigenvalue weighted by molar-refractivity contribution is 0.896. The maximum Gasteiger partial charge on any atom is 0.282 e. The predicted octanol–water partition coefficient (Wildman–Crippen LogP) is 5.28. The summed E-state index contributed by atoms with van der Waals surface area (Å²) in [5, 5.41) is 5.76. The monoisotopic (exact) mass is 429 g/mol. The summed E-state index contributed by atoms with van der Waals surface area (Å²) in [6.45, 7) is 1.93. The number of hydrogen-bond donors (Lipinski definition) is 1. The van der Waals surface area contributed by atoms with Gasteiger partial charge in [0.2, 0.25) is 0 Å². The second kappa shape index (κ2) is 7.53. The quantitative estimate of drug-likeness (QED) is 0.416. The highest BCUT2D eigenvalue weighted by molar-refractivity contribution is 5.91. The molecule has 0 spiro atoms. The fraction of sp³-hybridized carbons (Fsp3) is 0.0370. The summed E-state index contributed by atoms with van der Waals surface area (Å²) in [5.74, 6) is 0. The molecule has 0 atom stereocenters. The molecular formula is C27H19N5O. The number of rotatable bonds is 3. The third-order valence-electron chi connectivity index (χ3n) is 5.88. The van der Waals surface area contributed by atoms with Crippen LogP contribution < -0.4 is 5.56 Å². The van der Waals surface area contributed by atoms with Gasteiger partial charge in [0.1, 0.15) is 11.3 Å². The van der Waals surface area contributed by atoms with Gasteiger partial charge in [-0.1, -0.05) is 42.5 Å². The van der Waals surface area contributed by atoms with Gasteiger partial charge >= 0.3 is 0 Å². The highest BCUT2D eigenvalue weighted by Gasteiger charge is 2.21. The smallest absolute Gasteiger partial charge is 0.282 e. The molecule has 6 nitrogen and oxygen atoms in total. The van der Waals surface area contributed by atoms with Crippen LogP contribution in [0, 0.1) is 6.92 Å². The number of fused-ring (bicyclic) bond motifs is 2. The summed E-state index contributed by atoms with van der Waals surface area (Å²) < 4.78 is 1.48. The van der Waals surface area contributed by atoms with E-state index in [4.69, 9.17) is 5.10 Å². The van der Waals surface area contributed by atoms with Crippen molar-refractivity contribution in [1.29, 1.82) is 0 Å². The number of nitrogens with one attached hydrogen (secondary N) is 1. The third kappa shape index (κ3) is 3.11. The molecule has 0 fully saturated rings. The Hall–Kier alpha value is -4.58. The highest BCUT2D eigenvalue weighted by Crippen LogP contribution is 2.34. The Bertz CT molecular complexity index is 1690. The van der Waals surface area contributed by atoms with Gasteiger partial charge in [-0.25, -0.2) is 0 Å². The first kappa shape index (κ1) is 19.1. The molecule has 0 aliphatic heterocycles. The average molecular weight is 429 g/mol. The van der Waals surface area contributed by atoms with Crippen LogP contribution in [-0.4, -0.2) is 24.6 Å². The van der Waals surface area contributed by atoms with Crippen molar-refractivity contribution in [2.24, 2.45) is 0 Å². The van der Waals surface area contributed by atoms with Gasteiger partial charge in [-0.2, -0.15) is 9.61 Å². The minimum absolute atomic E-state index is 0.165. The Labute approximate surface area is 189 Å². The van der Waals surface area contributed by atoms with Gasteiger partial charge in [-0.05, 0) is 48.4 Å². The number of aromatic nitrogens is 5. The van der Waals surface area contributed by atoms with E-state index in [1.54, 1.807) is 18.6 Å². The minimum Gasteiger partial charge on any atom is -0.343 e. The van der Waals surface area contributed by atoms with Gasteiger partial charge in [0.25, 0.3) is 5.56 Å². The molecule has 0 radical (unpaired) electrons. The topological polar surface area (TPSA) is 75.9 Å². The molecule has 0 aliphatic rings. The molecular weight excluding hydrogens is 410 g/mol. The van der Waals surface area contributed by atoms with Gasteiger partial charge in [-0.15, -0.1) is 0 Å². The molecule has 1 N–H and O–H groups in total. The van der Waals surface area contributed by atoms with Crippen LogP contribution in [0.15, 0.2) is 96.2 Å². The zero-order valence-corrected chi connectivity index (χ0v) is 17.9. The zero-order valence-electron chi connectivity index (χ0n) is 17.9. The van der Waals surface area contributed by atoms with E-state index in [2.05, 4.69) is 15.0 Å². The van der Waals surface area contributed by atoms with Crippen LogP contribution in [0.25, 0.3) is 50.1 Å². The summed E-state index contributed by atoms with van der Waals surface area (Å²) in [5.41, 5.74) is 7.11. The fourth-order valence-corrected chi connectivity index (χ4v) is 4.35. The van der Waals surface area contributed by atoms with Gasteiger partial charge in [-0.3, -0.25) is 14.8 Å². The summed E-state index contributed by atoms with van der Waals surface area (Å²) in [7, 11) is 0. The molecule has 33 heavy (non-hydrogen) atoms. The van der Waals surface area contributed by atoms with Crippen LogP contribution in [-0.2, 0) is 0 Å². The first-order chi connectivity index (χ1) is 16.2. The number of H-pyrrole nitrogens is 1. The van der Waals surface area contributed by atoms with Crippen LogP contribution in [0.4, 0.5) is 0 Å². The molecule has 158 valence electrons. The number of aryl methyl sites for hydroxylation is 1. The molecule has 0 aliphatic carbocycles. The number of hydrogen-bond acceptors (Lipinski definition) is 4. The molecule has 0 bridgehead atoms. The number of aromatic amines is 1. The van der Waals surface area contributed by atoms with Crippen LogP contribution in [0.1, 0.15) is 5.69 Å². The normalized spacial score (nSPS) is 11.3. The van der Waals surface area contributed by atoms with E-state index in [1.165, 1.54) is 4.52 Å². The van der Waals surface area contributed by atoms with Crippen LogP contribution >= 0.6 is 0 Å². The van der Waals surface area contributed by atoms with E-state index in [9.17, 15) is 4.79 Å². The van der Waals surface area contributed by atoms with Crippen LogP contribution in [0.5, 0.6) is 0 Å². The van der Waals surface area contributed by atoms with Gasteiger partial charge in [0.05, 0.1) is 16.6 Å². The van der Waals surface area contributed by atoms with Gasteiger partial charge < -0.3 is 4.98 Å². The predicted molar refractivity (Wildman–Crippen MR) is 130 cm³/mol. The Morgan fingerprint density at radius 1 is 0.788 bits per heavy atom. The SMILES string of the molecule is Cc1[nH]c2c(-c3ccccc3)c(-c3ccncc3)nn2c(=O)c1-c1ccc2ncccc2c1. The van der Waals surface area contributed by atoms with Crippen LogP contribution in [0.2, 0.25) is 0 Å². The molecule has 4 aromatic heterocycles. The Balaban J connectivity index is 1.66. The van der Waals surface area contributed by atoms with Crippen molar-refractivity contribution in [2.45, 2.75) is 6.92 Å². The summed E-state index contributed by atoms with van der Waals surface area (Å²) in [4.78, 5) is 25.8. The van der Waals surface area contributed by atoms with E-state index < -0.39 is 0 Å². The molecule has 0 unspecified atom stereocenters. The van der Waals surface area contributed by atoms with Gasteiger partial charge in [0, 0.05) is 35.2 Å². The van der Waals surface area contributed by atoms with E-state index in [0.29, 0.717) is 11.2 Å². The molecule has 6 aromatic rings. The van der Waals surface area contributed by atoms with E-state index in [1.807, 2.05) is 79.7 Å². The fourth-order valence-electron chi connectivity index (χ4n) is 4.35. The molecule has 6 rings (SSSR count).